The molecule has 0 atom stereocenters. The van der Waals surface area contributed by atoms with Crippen molar-refractivity contribution in [2.24, 2.45) is 0 Å². The van der Waals surface area contributed by atoms with E-state index in [0.29, 0.717) is 6.29 Å². The molecule has 0 aromatic heterocycles. The first-order valence-corrected chi connectivity index (χ1v) is 3.04. The molecule has 0 fully saturated rings. The molecule has 0 saturated carbocycles. The van der Waals surface area contributed by atoms with Crippen molar-refractivity contribution in [1.29, 1.82) is 0 Å². The molecule has 0 aromatic carbocycles. The highest BCUT2D eigenvalue weighted by Crippen LogP contribution is 1.79. The predicted octanol–water partition coefficient (Wildman–Crippen LogP) is 0.488. The van der Waals surface area contributed by atoms with Gasteiger partial charge in [0.2, 0.25) is 0 Å². The summed E-state index contributed by atoms with van der Waals surface area (Å²) in [5.74, 6) is 2.35. The van der Waals surface area contributed by atoms with E-state index in [1.807, 2.05) is 18.7 Å². The van der Waals surface area contributed by atoms with Gasteiger partial charge in [-0.05, 0) is 19.8 Å². The first-order chi connectivity index (χ1) is 4.35. The molecular weight excluding hydrogens is 114 g/mol. The highest BCUT2D eigenvalue weighted by Gasteiger charge is 1.85. The number of hydrogen-bond donors (Lipinski definition) is 0. The second kappa shape index (κ2) is 5.17. The van der Waals surface area contributed by atoms with Crippen LogP contribution >= 0.6 is 0 Å². The number of aldehydes is 1. The van der Waals surface area contributed by atoms with Gasteiger partial charge in [-0.2, -0.15) is 0 Å². The van der Waals surface area contributed by atoms with E-state index in [-0.39, 0.29) is 0 Å². The SMILES string of the molecule is CCN(C#CC=O)CC. The lowest BCUT2D eigenvalue weighted by Gasteiger charge is -2.09. The number of hydrogen-bond acceptors (Lipinski definition) is 2. The monoisotopic (exact) mass is 125 g/mol. The normalized spacial score (nSPS) is 7.33. The van der Waals surface area contributed by atoms with Gasteiger partial charge in [0.1, 0.15) is 0 Å². The lowest BCUT2D eigenvalue weighted by atomic mass is 10.5. The third-order valence-electron chi connectivity index (χ3n) is 1.05. The molecule has 0 bridgehead atoms. The van der Waals surface area contributed by atoms with Gasteiger partial charge < -0.3 is 4.90 Å². The first kappa shape index (κ1) is 8.03. The van der Waals surface area contributed by atoms with Gasteiger partial charge in [-0.1, -0.05) is 0 Å². The minimum absolute atomic E-state index is 0.609. The Morgan fingerprint density at radius 3 is 2.33 bits per heavy atom. The molecule has 0 N–H and O–H groups in total. The zero-order chi connectivity index (χ0) is 7.11. The molecule has 0 heterocycles. The summed E-state index contributed by atoms with van der Waals surface area (Å²) in [4.78, 5) is 11.6. The zero-order valence-electron chi connectivity index (χ0n) is 5.85. The molecule has 2 heteroatoms. The van der Waals surface area contributed by atoms with Crippen molar-refractivity contribution < 1.29 is 4.79 Å². The zero-order valence-corrected chi connectivity index (χ0v) is 5.85. The lowest BCUT2D eigenvalue weighted by Crippen LogP contribution is -2.15. The average Bonchev–Trinajstić information content (AvgIpc) is 1.91. The van der Waals surface area contributed by atoms with Gasteiger partial charge in [-0.15, -0.1) is 0 Å². The maximum atomic E-state index is 9.74. The van der Waals surface area contributed by atoms with Gasteiger partial charge >= 0.3 is 0 Å². The topological polar surface area (TPSA) is 20.3 Å². The minimum Gasteiger partial charge on any atom is -0.333 e. The fourth-order valence-electron chi connectivity index (χ4n) is 0.499. The van der Waals surface area contributed by atoms with Gasteiger partial charge in [-0.25, -0.2) is 0 Å². The molecule has 0 spiro atoms. The van der Waals surface area contributed by atoms with Crippen molar-refractivity contribution in [1.82, 2.24) is 4.90 Å². The van der Waals surface area contributed by atoms with Crippen LogP contribution in [0, 0.1) is 12.0 Å². The van der Waals surface area contributed by atoms with Gasteiger partial charge in [0.05, 0.1) is 0 Å². The van der Waals surface area contributed by atoms with Crippen molar-refractivity contribution in [3.63, 3.8) is 0 Å². The van der Waals surface area contributed by atoms with Crippen LogP contribution in [0.1, 0.15) is 13.8 Å². The van der Waals surface area contributed by atoms with Gasteiger partial charge in [0.25, 0.3) is 0 Å². The smallest absolute Gasteiger partial charge is 0.194 e. The molecule has 0 aliphatic rings. The summed E-state index contributed by atoms with van der Waals surface area (Å²) in [6.07, 6.45) is 0.609. The number of carbonyl (C=O) groups is 1. The van der Waals surface area contributed by atoms with Crippen molar-refractivity contribution in [2.75, 3.05) is 13.1 Å². The molecule has 0 unspecified atom stereocenters. The van der Waals surface area contributed by atoms with E-state index in [1.165, 1.54) is 0 Å². The highest BCUT2D eigenvalue weighted by atomic mass is 16.1. The number of nitrogens with zero attached hydrogens (tertiary/aromatic N) is 1. The molecule has 0 rings (SSSR count). The maximum absolute atomic E-state index is 9.74. The number of carbonyl (C=O) groups excluding carboxylic acids is 1. The summed E-state index contributed by atoms with van der Waals surface area (Å²) in [5, 5.41) is 0. The molecule has 0 aromatic rings. The van der Waals surface area contributed by atoms with Crippen LogP contribution in [0.3, 0.4) is 0 Å². The van der Waals surface area contributed by atoms with Crippen LogP contribution in [0.2, 0.25) is 0 Å². The van der Waals surface area contributed by atoms with E-state index in [1.54, 1.807) is 0 Å². The summed E-state index contributed by atoms with van der Waals surface area (Å²) < 4.78 is 0. The summed E-state index contributed by atoms with van der Waals surface area (Å²) in [6, 6.07) is 2.68. The number of rotatable bonds is 2. The molecule has 0 aliphatic carbocycles. The van der Waals surface area contributed by atoms with E-state index in [9.17, 15) is 4.79 Å². The summed E-state index contributed by atoms with van der Waals surface area (Å²) >= 11 is 0. The Balaban J connectivity index is 3.66. The lowest BCUT2D eigenvalue weighted by molar-refractivity contribution is -0.103. The molecular formula is C7H11NO. The van der Waals surface area contributed by atoms with Crippen molar-refractivity contribution in [3.05, 3.63) is 0 Å². The molecule has 2 nitrogen and oxygen atoms in total. The molecule has 0 radical (unpaired) electrons. The van der Waals surface area contributed by atoms with Gasteiger partial charge in [0.15, 0.2) is 6.29 Å². The van der Waals surface area contributed by atoms with Crippen molar-refractivity contribution in [3.8, 4) is 12.0 Å². The van der Waals surface area contributed by atoms with Crippen molar-refractivity contribution in [2.45, 2.75) is 13.8 Å². The standard InChI is InChI=1S/C7H11NO/c1-3-8(4-2)6-5-7-9/h7H,3-4H2,1-2H3. The predicted molar refractivity (Wildman–Crippen MR) is 36.8 cm³/mol. The first-order valence-electron chi connectivity index (χ1n) is 3.04. The van der Waals surface area contributed by atoms with Crippen LogP contribution in [-0.2, 0) is 4.79 Å². The minimum atomic E-state index is 0.609. The van der Waals surface area contributed by atoms with Gasteiger partial charge in [0, 0.05) is 19.1 Å². The van der Waals surface area contributed by atoms with E-state index in [0.717, 1.165) is 13.1 Å². The molecule has 0 amide bonds. The summed E-state index contributed by atoms with van der Waals surface area (Å²) in [6.45, 7) is 5.75. The summed E-state index contributed by atoms with van der Waals surface area (Å²) in [5.41, 5.74) is 0. The van der Waals surface area contributed by atoms with E-state index in [2.05, 4.69) is 12.0 Å². The Bertz CT molecular complexity index is 128. The average molecular weight is 125 g/mol. The van der Waals surface area contributed by atoms with Crippen molar-refractivity contribution >= 4 is 6.29 Å². The quantitative estimate of drug-likeness (QED) is 0.304. The van der Waals surface area contributed by atoms with Crippen LogP contribution in [0.4, 0.5) is 0 Å². The van der Waals surface area contributed by atoms with Crippen LogP contribution in [0.5, 0.6) is 0 Å². The fraction of sp³-hybridized carbons (Fsp3) is 0.571. The maximum Gasteiger partial charge on any atom is 0.194 e. The van der Waals surface area contributed by atoms with Crippen LogP contribution in [0.25, 0.3) is 0 Å². The van der Waals surface area contributed by atoms with E-state index >= 15 is 0 Å². The Hall–Kier alpha value is -0.970. The molecule has 0 saturated heterocycles. The van der Waals surface area contributed by atoms with Crippen LogP contribution < -0.4 is 0 Å². The Labute approximate surface area is 55.8 Å². The highest BCUT2D eigenvalue weighted by molar-refractivity contribution is 5.72. The molecule has 9 heavy (non-hydrogen) atoms. The fourth-order valence-corrected chi connectivity index (χ4v) is 0.499. The van der Waals surface area contributed by atoms with Crippen LogP contribution in [0.15, 0.2) is 0 Å². The van der Waals surface area contributed by atoms with E-state index in [4.69, 9.17) is 0 Å². The Kier molecular flexibility index (Phi) is 4.61. The third kappa shape index (κ3) is 3.60. The van der Waals surface area contributed by atoms with E-state index < -0.39 is 0 Å². The van der Waals surface area contributed by atoms with Crippen LogP contribution in [-0.4, -0.2) is 24.3 Å². The van der Waals surface area contributed by atoms with Gasteiger partial charge in [-0.3, -0.25) is 4.79 Å². The Morgan fingerprint density at radius 2 is 2.00 bits per heavy atom. The Morgan fingerprint density at radius 1 is 1.44 bits per heavy atom. The second-order valence-corrected chi connectivity index (χ2v) is 1.55. The summed E-state index contributed by atoms with van der Waals surface area (Å²) in [7, 11) is 0. The third-order valence-corrected chi connectivity index (χ3v) is 1.05. The molecule has 50 valence electrons. The second-order valence-electron chi connectivity index (χ2n) is 1.55. The molecule has 0 aliphatic heterocycles. The largest absolute Gasteiger partial charge is 0.333 e.